The highest BCUT2D eigenvalue weighted by atomic mass is 16.7. The molecule has 3 rings (SSSR count). The Morgan fingerprint density at radius 1 is 0.974 bits per heavy atom. The molecule has 3 atom stereocenters. The van der Waals surface area contributed by atoms with Crippen LogP contribution in [0.25, 0.3) is 0 Å². The Hall–Kier alpha value is -3.24. The molecule has 9 nitrogen and oxygen atoms in total. The molecule has 0 saturated carbocycles. The van der Waals surface area contributed by atoms with Crippen molar-refractivity contribution >= 4 is 11.9 Å². The number of amides is 1. The van der Waals surface area contributed by atoms with Crippen LogP contribution < -0.4 is 5.32 Å². The summed E-state index contributed by atoms with van der Waals surface area (Å²) in [7, 11) is 1.34. The molecule has 38 heavy (non-hydrogen) atoms. The maximum atomic E-state index is 13.1. The second-order valence-electron chi connectivity index (χ2n) is 8.68. The first-order chi connectivity index (χ1) is 18.6. The first-order valence-electron chi connectivity index (χ1n) is 12.8. The summed E-state index contributed by atoms with van der Waals surface area (Å²) < 4.78 is 27.8. The average Bonchev–Trinajstić information content (AvgIpc) is 2.96. The van der Waals surface area contributed by atoms with Gasteiger partial charge in [0.05, 0.1) is 39.1 Å². The Labute approximate surface area is 223 Å². The molecule has 0 unspecified atom stereocenters. The molecule has 1 aliphatic rings. The van der Waals surface area contributed by atoms with Crippen molar-refractivity contribution in [3.05, 3.63) is 83.1 Å². The van der Waals surface area contributed by atoms with Crippen molar-refractivity contribution in [3.8, 4) is 0 Å². The Balaban J connectivity index is 1.79. The Morgan fingerprint density at radius 2 is 1.68 bits per heavy atom. The topological polar surface area (TPSA) is 113 Å². The summed E-state index contributed by atoms with van der Waals surface area (Å²) in [5.41, 5.74) is 2.33. The van der Waals surface area contributed by atoms with Crippen LogP contribution in [0.1, 0.15) is 40.7 Å². The molecule has 0 fully saturated rings. The molecule has 0 aromatic heterocycles. The number of hydrogen-bond donors (Lipinski definition) is 2. The predicted molar refractivity (Wildman–Crippen MR) is 140 cm³/mol. The molecular formula is C29H37NO8. The SMILES string of the molecule is CCO[C@H]1OC(C(=O)NCc2ccccc2)=C[C@@H](c2ccc(C(=O)OC)cc2)[C@@H]1CCOCCOCCO. The zero-order chi connectivity index (χ0) is 27.2. The standard InChI is InChI=1S/C29H37NO8/c1-3-37-29-24(13-15-35-17-18-36-16-14-31)25(22-9-11-23(12-10-22)28(33)34-2)19-26(38-29)27(32)30-20-21-7-5-4-6-8-21/h4-12,19,24-25,29,31H,3,13-18,20H2,1-2H3,(H,30,32)/t24-,25-,29-/m0/s1. The van der Waals surface area contributed by atoms with Gasteiger partial charge in [0, 0.05) is 31.6 Å². The number of nitrogens with one attached hydrogen (secondary N) is 1. The molecule has 0 bridgehead atoms. The quantitative estimate of drug-likeness (QED) is 0.268. The number of benzene rings is 2. The van der Waals surface area contributed by atoms with Crippen LogP contribution in [-0.2, 0) is 35.0 Å². The molecule has 0 aliphatic carbocycles. The summed E-state index contributed by atoms with van der Waals surface area (Å²) in [5.74, 6) is -0.927. The van der Waals surface area contributed by atoms with Crippen molar-refractivity contribution in [2.45, 2.75) is 32.1 Å². The Bertz CT molecular complexity index is 1020. The van der Waals surface area contributed by atoms with E-state index in [1.807, 2.05) is 55.5 Å². The number of rotatable bonds is 15. The fourth-order valence-electron chi connectivity index (χ4n) is 4.25. The lowest BCUT2D eigenvalue weighted by molar-refractivity contribution is -0.168. The third-order valence-corrected chi connectivity index (χ3v) is 6.16. The van der Waals surface area contributed by atoms with Crippen molar-refractivity contribution < 1.29 is 38.4 Å². The highest BCUT2D eigenvalue weighted by Crippen LogP contribution is 2.39. The van der Waals surface area contributed by atoms with E-state index in [1.165, 1.54) is 7.11 Å². The molecule has 2 N–H and O–H groups in total. The first kappa shape index (κ1) is 29.3. The number of carbonyl (C=O) groups is 2. The van der Waals surface area contributed by atoms with Crippen LogP contribution in [0.15, 0.2) is 66.4 Å². The van der Waals surface area contributed by atoms with E-state index in [0.29, 0.717) is 45.0 Å². The van der Waals surface area contributed by atoms with Gasteiger partial charge in [-0.3, -0.25) is 4.79 Å². The minimum atomic E-state index is -0.665. The third-order valence-electron chi connectivity index (χ3n) is 6.16. The fraction of sp³-hybridized carbons (Fsp3) is 0.448. The van der Waals surface area contributed by atoms with Gasteiger partial charge in [-0.2, -0.15) is 0 Å². The number of allylic oxidation sites excluding steroid dienone is 1. The number of hydrogen-bond acceptors (Lipinski definition) is 8. The van der Waals surface area contributed by atoms with Gasteiger partial charge >= 0.3 is 5.97 Å². The van der Waals surface area contributed by atoms with Gasteiger partial charge in [0.15, 0.2) is 5.76 Å². The molecule has 206 valence electrons. The molecule has 0 radical (unpaired) electrons. The molecule has 1 amide bonds. The Kier molecular flexibility index (Phi) is 12.3. The summed E-state index contributed by atoms with van der Waals surface area (Å²) in [4.78, 5) is 25.0. The monoisotopic (exact) mass is 527 g/mol. The highest BCUT2D eigenvalue weighted by molar-refractivity contribution is 5.92. The van der Waals surface area contributed by atoms with Crippen LogP contribution >= 0.6 is 0 Å². The van der Waals surface area contributed by atoms with Crippen LogP contribution in [0, 0.1) is 5.92 Å². The minimum Gasteiger partial charge on any atom is -0.465 e. The van der Waals surface area contributed by atoms with Crippen LogP contribution in [0.4, 0.5) is 0 Å². The van der Waals surface area contributed by atoms with Crippen LogP contribution in [-0.4, -0.2) is 70.0 Å². The summed E-state index contributed by atoms with van der Waals surface area (Å²) in [5, 5.41) is 11.7. The van der Waals surface area contributed by atoms with E-state index in [-0.39, 0.29) is 36.7 Å². The molecular weight excluding hydrogens is 490 g/mol. The molecule has 0 saturated heterocycles. The average molecular weight is 528 g/mol. The lowest BCUT2D eigenvalue weighted by Gasteiger charge is -2.37. The van der Waals surface area contributed by atoms with Gasteiger partial charge in [0.25, 0.3) is 5.91 Å². The number of carbonyl (C=O) groups excluding carboxylic acids is 2. The normalized spacial score (nSPS) is 18.8. The second kappa shape index (κ2) is 15.9. The molecule has 0 spiro atoms. The van der Waals surface area contributed by atoms with Gasteiger partial charge in [-0.1, -0.05) is 42.5 Å². The highest BCUT2D eigenvalue weighted by Gasteiger charge is 2.38. The van der Waals surface area contributed by atoms with Gasteiger partial charge < -0.3 is 34.1 Å². The van der Waals surface area contributed by atoms with Crippen molar-refractivity contribution in [2.75, 3.05) is 46.8 Å². The van der Waals surface area contributed by atoms with E-state index in [2.05, 4.69) is 5.32 Å². The Morgan fingerprint density at radius 3 is 2.34 bits per heavy atom. The zero-order valence-electron chi connectivity index (χ0n) is 22.0. The smallest absolute Gasteiger partial charge is 0.337 e. The minimum absolute atomic E-state index is 0.0283. The molecule has 9 heteroatoms. The second-order valence-corrected chi connectivity index (χ2v) is 8.68. The van der Waals surface area contributed by atoms with Crippen LogP contribution in [0.5, 0.6) is 0 Å². The summed E-state index contributed by atoms with van der Waals surface area (Å²) in [6.07, 6.45) is 1.75. The summed E-state index contributed by atoms with van der Waals surface area (Å²) in [6, 6.07) is 16.8. The lowest BCUT2D eigenvalue weighted by atomic mass is 9.81. The van der Waals surface area contributed by atoms with Crippen LogP contribution in [0.2, 0.25) is 0 Å². The molecule has 1 aliphatic heterocycles. The van der Waals surface area contributed by atoms with Crippen molar-refractivity contribution in [1.82, 2.24) is 5.32 Å². The van der Waals surface area contributed by atoms with E-state index < -0.39 is 12.3 Å². The van der Waals surface area contributed by atoms with E-state index in [9.17, 15) is 9.59 Å². The van der Waals surface area contributed by atoms with E-state index in [0.717, 1.165) is 11.1 Å². The number of aliphatic hydroxyl groups is 1. The summed E-state index contributed by atoms with van der Waals surface area (Å²) >= 11 is 0. The van der Waals surface area contributed by atoms with E-state index in [4.69, 9.17) is 28.8 Å². The van der Waals surface area contributed by atoms with E-state index in [1.54, 1.807) is 12.1 Å². The molecule has 2 aromatic rings. The van der Waals surface area contributed by atoms with Gasteiger partial charge in [0.2, 0.25) is 6.29 Å². The largest absolute Gasteiger partial charge is 0.465 e. The maximum Gasteiger partial charge on any atom is 0.337 e. The zero-order valence-corrected chi connectivity index (χ0v) is 22.0. The number of ether oxygens (including phenoxy) is 5. The van der Waals surface area contributed by atoms with Gasteiger partial charge in [-0.25, -0.2) is 4.79 Å². The lowest BCUT2D eigenvalue weighted by Crippen LogP contribution is -2.39. The third kappa shape index (κ3) is 8.66. The van der Waals surface area contributed by atoms with Gasteiger partial charge in [0.1, 0.15) is 0 Å². The van der Waals surface area contributed by atoms with Gasteiger partial charge in [-0.05, 0) is 42.7 Å². The van der Waals surface area contributed by atoms with Crippen LogP contribution in [0.3, 0.4) is 0 Å². The summed E-state index contributed by atoms with van der Waals surface area (Å²) in [6.45, 7) is 4.12. The number of aliphatic hydroxyl groups excluding tert-OH is 1. The number of esters is 1. The fourth-order valence-corrected chi connectivity index (χ4v) is 4.25. The molecule has 1 heterocycles. The van der Waals surface area contributed by atoms with Gasteiger partial charge in [-0.15, -0.1) is 0 Å². The van der Waals surface area contributed by atoms with E-state index >= 15 is 0 Å². The number of methoxy groups -OCH3 is 1. The predicted octanol–water partition coefficient (Wildman–Crippen LogP) is 3.18. The maximum absolute atomic E-state index is 13.1. The van der Waals surface area contributed by atoms with Crippen molar-refractivity contribution in [3.63, 3.8) is 0 Å². The van der Waals surface area contributed by atoms with Crippen molar-refractivity contribution in [2.24, 2.45) is 5.92 Å². The molecule has 2 aromatic carbocycles. The van der Waals surface area contributed by atoms with Crippen molar-refractivity contribution in [1.29, 1.82) is 0 Å². The first-order valence-corrected chi connectivity index (χ1v) is 12.8.